The summed E-state index contributed by atoms with van der Waals surface area (Å²) in [6.45, 7) is 4.06. The summed E-state index contributed by atoms with van der Waals surface area (Å²) in [7, 11) is 0. The van der Waals surface area contributed by atoms with Crippen LogP contribution >= 0.6 is 0 Å². The molecule has 1 unspecified atom stereocenters. The number of hydrogen-bond acceptors (Lipinski definition) is 1. The van der Waals surface area contributed by atoms with Crippen molar-refractivity contribution in [2.75, 3.05) is 13.1 Å². The highest BCUT2D eigenvalue weighted by molar-refractivity contribution is 5.77. The number of benzene rings is 1. The van der Waals surface area contributed by atoms with Gasteiger partial charge in [-0.1, -0.05) is 24.3 Å². The molecule has 3 heteroatoms. The Labute approximate surface area is 127 Å². The zero-order chi connectivity index (χ0) is 14.7. The van der Waals surface area contributed by atoms with Crippen molar-refractivity contribution in [1.29, 1.82) is 0 Å². The molecule has 0 spiro atoms. The van der Waals surface area contributed by atoms with Crippen LogP contribution in [0.3, 0.4) is 0 Å². The van der Waals surface area contributed by atoms with Crippen LogP contribution in [0.15, 0.2) is 24.3 Å². The molecule has 1 saturated heterocycles. The standard InChI is InChI=1S/C18H26N2O/c1-14-7-4-5-12-20(14)13-18(21)19-17-11-6-9-15-8-2-3-10-16(15)17/h2-3,8,10,14,17H,4-7,9,11-13H2,1H3,(H,19,21)/p+1/t14-,17+/m0/s1. The van der Waals surface area contributed by atoms with Crippen molar-refractivity contribution < 1.29 is 9.69 Å². The van der Waals surface area contributed by atoms with Crippen LogP contribution < -0.4 is 10.2 Å². The van der Waals surface area contributed by atoms with Gasteiger partial charge in [0.05, 0.1) is 18.6 Å². The van der Waals surface area contributed by atoms with Crippen LogP contribution in [0.5, 0.6) is 0 Å². The Morgan fingerprint density at radius 3 is 2.95 bits per heavy atom. The molecule has 1 aliphatic carbocycles. The Kier molecular flexibility index (Phi) is 4.59. The lowest BCUT2D eigenvalue weighted by molar-refractivity contribution is -0.921. The fourth-order valence-electron chi connectivity index (χ4n) is 3.87. The van der Waals surface area contributed by atoms with Gasteiger partial charge >= 0.3 is 0 Å². The molecule has 3 atom stereocenters. The highest BCUT2D eigenvalue weighted by Gasteiger charge is 2.26. The zero-order valence-corrected chi connectivity index (χ0v) is 13.0. The third-order valence-corrected chi connectivity index (χ3v) is 5.17. The van der Waals surface area contributed by atoms with Crippen molar-refractivity contribution in [3.05, 3.63) is 35.4 Å². The first-order valence-electron chi connectivity index (χ1n) is 8.46. The number of aryl methyl sites for hydroxylation is 1. The van der Waals surface area contributed by atoms with Gasteiger partial charge in [0.2, 0.25) is 0 Å². The summed E-state index contributed by atoms with van der Waals surface area (Å²) in [6, 6.07) is 9.41. The number of piperidine rings is 1. The van der Waals surface area contributed by atoms with E-state index in [0.29, 0.717) is 12.6 Å². The van der Waals surface area contributed by atoms with Crippen LogP contribution in [0.1, 0.15) is 56.2 Å². The Balaban J connectivity index is 1.60. The van der Waals surface area contributed by atoms with Gasteiger partial charge in [-0.2, -0.15) is 0 Å². The van der Waals surface area contributed by atoms with Gasteiger partial charge in [0.1, 0.15) is 0 Å². The average molecular weight is 287 g/mol. The highest BCUT2D eigenvalue weighted by atomic mass is 16.2. The maximum atomic E-state index is 12.4. The van der Waals surface area contributed by atoms with E-state index < -0.39 is 0 Å². The normalized spacial score (nSPS) is 28.7. The van der Waals surface area contributed by atoms with Crippen LogP contribution in [0.2, 0.25) is 0 Å². The highest BCUT2D eigenvalue weighted by Crippen LogP contribution is 2.29. The molecule has 1 heterocycles. The molecule has 1 aliphatic heterocycles. The summed E-state index contributed by atoms with van der Waals surface area (Å²) >= 11 is 0. The van der Waals surface area contributed by atoms with E-state index in [4.69, 9.17) is 0 Å². The van der Waals surface area contributed by atoms with Crippen LogP contribution in [0.25, 0.3) is 0 Å². The molecule has 114 valence electrons. The smallest absolute Gasteiger partial charge is 0.275 e. The maximum Gasteiger partial charge on any atom is 0.275 e. The van der Waals surface area contributed by atoms with E-state index in [-0.39, 0.29) is 11.9 Å². The van der Waals surface area contributed by atoms with E-state index in [1.165, 1.54) is 41.7 Å². The van der Waals surface area contributed by atoms with Gasteiger partial charge in [0.15, 0.2) is 6.54 Å². The van der Waals surface area contributed by atoms with Crippen LogP contribution in [-0.4, -0.2) is 25.0 Å². The lowest BCUT2D eigenvalue weighted by Gasteiger charge is -2.31. The monoisotopic (exact) mass is 287 g/mol. The molecule has 1 amide bonds. The van der Waals surface area contributed by atoms with Gasteiger partial charge in [-0.3, -0.25) is 4.79 Å². The van der Waals surface area contributed by atoms with Crippen molar-refractivity contribution in [2.45, 2.75) is 57.5 Å². The zero-order valence-electron chi connectivity index (χ0n) is 13.0. The first-order chi connectivity index (χ1) is 10.2. The third-order valence-electron chi connectivity index (χ3n) is 5.17. The molecule has 1 fully saturated rings. The fourth-order valence-corrected chi connectivity index (χ4v) is 3.87. The quantitative estimate of drug-likeness (QED) is 0.870. The van der Waals surface area contributed by atoms with Gasteiger partial charge in [0, 0.05) is 0 Å². The number of nitrogens with one attached hydrogen (secondary N) is 2. The van der Waals surface area contributed by atoms with Crippen molar-refractivity contribution in [1.82, 2.24) is 5.32 Å². The summed E-state index contributed by atoms with van der Waals surface area (Å²) in [4.78, 5) is 13.9. The number of fused-ring (bicyclic) bond motifs is 1. The Hall–Kier alpha value is -1.35. The summed E-state index contributed by atoms with van der Waals surface area (Å²) in [5.41, 5.74) is 2.74. The summed E-state index contributed by atoms with van der Waals surface area (Å²) < 4.78 is 0. The minimum Gasteiger partial charge on any atom is -0.344 e. The van der Waals surface area contributed by atoms with Gasteiger partial charge in [-0.05, 0) is 56.6 Å². The molecule has 2 aliphatic rings. The van der Waals surface area contributed by atoms with Gasteiger partial charge in [-0.25, -0.2) is 0 Å². The lowest BCUT2D eigenvalue weighted by Crippen LogP contribution is -3.17. The molecule has 0 saturated carbocycles. The molecule has 21 heavy (non-hydrogen) atoms. The van der Waals surface area contributed by atoms with E-state index in [1.807, 2.05) is 0 Å². The summed E-state index contributed by atoms with van der Waals surface area (Å²) in [6.07, 6.45) is 7.25. The molecular weight excluding hydrogens is 260 g/mol. The van der Waals surface area contributed by atoms with E-state index in [0.717, 1.165) is 19.4 Å². The van der Waals surface area contributed by atoms with Gasteiger partial charge in [-0.15, -0.1) is 0 Å². The molecule has 1 aromatic rings. The number of carbonyl (C=O) groups is 1. The second kappa shape index (κ2) is 6.61. The molecule has 3 rings (SSSR count). The van der Waals surface area contributed by atoms with E-state index in [2.05, 4.69) is 36.5 Å². The average Bonchev–Trinajstić information content (AvgIpc) is 2.50. The van der Waals surface area contributed by atoms with Crippen LogP contribution in [0, 0.1) is 0 Å². The Bertz CT molecular complexity index is 500. The summed E-state index contributed by atoms with van der Waals surface area (Å²) in [5, 5.41) is 3.28. The maximum absolute atomic E-state index is 12.4. The minimum atomic E-state index is 0.223. The van der Waals surface area contributed by atoms with Crippen molar-refractivity contribution >= 4 is 5.91 Å². The number of carbonyl (C=O) groups excluding carboxylic acids is 1. The second-order valence-electron chi connectivity index (χ2n) is 6.69. The van der Waals surface area contributed by atoms with Crippen molar-refractivity contribution in [2.24, 2.45) is 0 Å². The van der Waals surface area contributed by atoms with Crippen LogP contribution in [-0.2, 0) is 11.2 Å². The number of hydrogen-bond donors (Lipinski definition) is 2. The predicted octanol–water partition coefficient (Wildman–Crippen LogP) is 1.64. The minimum absolute atomic E-state index is 0.223. The van der Waals surface area contributed by atoms with Gasteiger partial charge < -0.3 is 10.2 Å². The van der Waals surface area contributed by atoms with E-state index >= 15 is 0 Å². The predicted molar refractivity (Wildman–Crippen MR) is 84.3 cm³/mol. The third kappa shape index (κ3) is 3.46. The first-order valence-corrected chi connectivity index (χ1v) is 8.46. The second-order valence-corrected chi connectivity index (χ2v) is 6.69. The van der Waals surface area contributed by atoms with Crippen molar-refractivity contribution in [3.8, 4) is 0 Å². The number of rotatable bonds is 3. The van der Waals surface area contributed by atoms with E-state index in [1.54, 1.807) is 0 Å². The molecule has 0 bridgehead atoms. The van der Waals surface area contributed by atoms with Crippen molar-refractivity contribution in [3.63, 3.8) is 0 Å². The fraction of sp³-hybridized carbons (Fsp3) is 0.611. The Morgan fingerprint density at radius 2 is 2.10 bits per heavy atom. The molecule has 3 nitrogen and oxygen atoms in total. The molecule has 2 N–H and O–H groups in total. The van der Waals surface area contributed by atoms with Crippen LogP contribution in [0.4, 0.5) is 0 Å². The number of likely N-dealkylation sites (tertiary alicyclic amines) is 1. The summed E-state index contributed by atoms with van der Waals surface area (Å²) in [5.74, 6) is 0.223. The number of amides is 1. The molecule has 0 aromatic heterocycles. The topological polar surface area (TPSA) is 33.5 Å². The Morgan fingerprint density at radius 1 is 1.24 bits per heavy atom. The first kappa shape index (κ1) is 14.6. The largest absolute Gasteiger partial charge is 0.344 e. The molecule has 1 aromatic carbocycles. The SMILES string of the molecule is C[C@H]1CCCC[NH+]1CC(=O)N[C@@H]1CCCc2ccccc21. The van der Waals surface area contributed by atoms with Gasteiger partial charge in [0.25, 0.3) is 5.91 Å². The van der Waals surface area contributed by atoms with E-state index in [9.17, 15) is 4.79 Å². The molecular formula is C18H27N2O+. The molecule has 0 radical (unpaired) electrons. The lowest BCUT2D eigenvalue weighted by atomic mass is 9.88. The number of quaternary nitrogens is 1.